The Morgan fingerprint density at radius 1 is 1.08 bits per heavy atom. The van der Waals surface area contributed by atoms with Crippen molar-refractivity contribution in [1.82, 2.24) is 9.71 Å². The number of aromatic nitrogens is 1. The van der Waals surface area contributed by atoms with E-state index in [1.54, 1.807) is 12.1 Å². The van der Waals surface area contributed by atoms with Gasteiger partial charge in [-0.05, 0) is 49.2 Å². The Bertz CT molecular complexity index is 1040. The number of H-pyrrole nitrogens is 1. The molecule has 0 bridgehead atoms. The minimum Gasteiger partial charge on any atom is -0.358 e. The summed E-state index contributed by atoms with van der Waals surface area (Å²) in [4.78, 5) is 14.5. The van der Waals surface area contributed by atoms with E-state index in [1.165, 1.54) is 19.1 Å². The first-order valence-electron chi connectivity index (χ1n) is 8.30. The second-order valence-electron chi connectivity index (χ2n) is 6.13. The summed E-state index contributed by atoms with van der Waals surface area (Å²) in [6.45, 7) is 3.70. The smallest absolute Gasteiger partial charge is 0.240 e. The van der Waals surface area contributed by atoms with Crippen molar-refractivity contribution in [2.45, 2.75) is 25.2 Å². The number of hydrogen-bond donors (Lipinski definition) is 3. The Morgan fingerprint density at radius 3 is 2.46 bits per heavy atom. The van der Waals surface area contributed by atoms with Crippen LogP contribution in [0.1, 0.15) is 18.2 Å². The maximum atomic E-state index is 12.4. The van der Waals surface area contributed by atoms with Gasteiger partial charge in [0.25, 0.3) is 0 Å². The summed E-state index contributed by atoms with van der Waals surface area (Å²) >= 11 is 0. The fourth-order valence-electron chi connectivity index (χ4n) is 2.97. The highest BCUT2D eigenvalue weighted by Gasteiger charge is 2.14. The number of carbonyl (C=O) groups is 1. The molecule has 2 aromatic carbocycles. The highest BCUT2D eigenvalue weighted by Crippen LogP contribution is 2.22. The summed E-state index contributed by atoms with van der Waals surface area (Å²) < 4.78 is 27.5. The van der Waals surface area contributed by atoms with Crippen molar-refractivity contribution in [1.29, 1.82) is 0 Å². The van der Waals surface area contributed by atoms with Crippen molar-refractivity contribution in [3.8, 4) is 0 Å². The maximum Gasteiger partial charge on any atom is 0.240 e. The van der Waals surface area contributed by atoms with Crippen molar-refractivity contribution in [3.63, 3.8) is 0 Å². The number of para-hydroxylation sites is 1. The lowest BCUT2D eigenvalue weighted by molar-refractivity contribution is -0.114. The van der Waals surface area contributed by atoms with Gasteiger partial charge in [0, 0.05) is 35.8 Å². The van der Waals surface area contributed by atoms with Crippen LogP contribution < -0.4 is 10.0 Å². The van der Waals surface area contributed by atoms with Crippen LogP contribution in [0.3, 0.4) is 0 Å². The molecule has 0 aliphatic carbocycles. The molecule has 0 saturated carbocycles. The average molecular weight is 371 g/mol. The quantitative estimate of drug-likeness (QED) is 0.622. The Hall–Kier alpha value is -2.64. The Morgan fingerprint density at radius 2 is 1.77 bits per heavy atom. The van der Waals surface area contributed by atoms with Crippen LogP contribution in [-0.2, 0) is 21.2 Å². The van der Waals surface area contributed by atoms with E-state index in [0.29, 0.717) is 18.7 Å². The maximum absolute atomic E-state index is 12.4. The van der Waals surface area contributed by atoms with Gasteiger partial charge in [-0.2, -0.15) is 0 Å². The predicted molar refractivity (Wildman–Crippen MR) is 103 cm³/mol. The molecular weight excluding hydrogens is 350 g/mol. The van der Waals surface area contributed by atoms with Gasteiger partial charge in [-0.1, -0.05) is 18.2 Å². The van der Waals surface area contributed by atoms with Gasteiger partial charge in [-0.25, -0.2) is 13.1 Å². The summed E-state index contributed by atoms with van der Waals surface area (Å²) in [6.07, 6.45) is 0.596. The lowest BCUT2D eigenvalue weighted by Crippen LogP contribution is -2.26. The van der Waals surface area contributed by atoms with Gasteiger partial charge in [0.2, 0.25) is 15.9 Å². The predicted octanol–water partition coefficient (Wildman–Crippen LogP) is 2.96. The number of hydrogen-bond acceptors (Lipinski definition) is 3. The van der Waals surface area contributed by atoms with E-state index in [0.717, 1.165) is 22.2 Å². The molecule has 1 aromatic heterocycles. The first-order valence-corrected chi connectivity index (χ1v) is 9.78. The highest BCUT2D eigenvalue weighted by molar-refractivity contribution is 7.89. The van der Waals surface area contributed by atoms with Crippen molar-refractivity contribution in [2.24, 2.45) is 0 Å². The molecule has 0 unspecified atom stereocenters. The van der Waals surface area contributed by atoms with Crippen molar-refractivity contribution < 1.29 is 13.2 Å². The largest absolute Gasteiger partial charge is 0.358 e. The fourth-order valence-corrected chi connectivity index (χ4v) is 4.00. The summed E-state index contributed by atoms with van der Waals surface area (Å²) in [5.41, 5.74) is 3.77. The van der Waals surface area contributed by atoms with Gasteiger partial charge in [-0.15, -0.1) is 0 Å². The van der Waals surface area contributed by atoms with E-state index >= 15 is 0 Å². The van der Waals surface area contributed by atoms with Crippen LogP contribution in [0.4, 0.5) is 5.69 Å². The Balaban J connectivity index is 1.68. The van der Waals surface area contributed by atoms with Gasteiger partial charge in [-0.3, -0.25) is 4.79 Å². The van der Waals surface area contributed by atoms with Crippen molar-refractivity contribution in [2.75, 3.05) is 11.9 Å². The van der Waals surface area contributed by atoms with Crippen LogP contribution in [0.5, 0.6) is 0 Å². The molecule has 1 heterocycles. The molecule has 7 heteroatoms. The number of carbonyl (C=O) groups excluding carboxylic acids is 1. The number of amides is 1. The molecule has 26 heavy (non-hydrogen) atoms. The first kappa shape index (κ1) is 18.2. The first-order chi connectivity index (χ1) is 12.4. The molecule has 3 aromatic rings. The molecule has 3 rings (SSSR count). The normalized spacial score (nSPS) is 11.6. The molecule has 0 radical (unpaired) electrons. The standard InChI is InChI=1S/C19H21N3O3S/c1-13-17(18-5-3-4-6-19(18)21-13)11-12-20-26(24,25)16-9-7-15(8-10-16)22-14(2)23/h3-10,20-21H,11-12H2,1-2H3,(H,22,23). The molecule has 0 aliphatic heterocycles. The molecule has 136 valence electrons. The Labute approximate surface area is 152 Å². The number of aryl methyl sites for hydroxylation is 1. The zero-order chi connectivity index (χ0) is 18.7. The van der Waals surface area contributed by atoms with Crippen LogP contribution in [-0.4, -0.2) is 25.9 Å². The SMILES string of the molecule is CC(=O)Nc1ccc(S(=O)(=O)NCCc2c(C)[nH]c3ccccc23)cc1. The second-order valence-corrected chi connectivity index (χ2v) is 7.89. The Kier molecular flexibility index (Phi) is 5.11. The van der Waals surface area contributed by atoms with Crippen molar-refractivity contribution >= 4 is 32.5 Å². The number of rotatable bonds is 6. The summed E-state index contributed by atoms with van der Waals surface area (Å²) in [5, 5.41) is 3.73. The average Bonchev–Trinajstić information content (AvgIpc) is 2.90. The summed E-state index contributed by atoms with van der Waals surface area (Å²) in [6, 6.07) is 14.1. The fraction of sp³-hybridized carbons (Fsp3) is 0.211. The van der Waals surface area contributed by atoms with Crippen LogP contribution in [0, 0.1) is 6.92 Å². The number of nitrogens with one attached hydrogen (secondary N) is 3. The minimum absolute atomic E-state index is 0.169. The number of benzene rings is 2. The molecule has 0 atom stereocenters. The van der Waals surface area contributed by atoms with E-state index in [4.69, 9.17) is 0 Å². The molecular formula is C19H21N3O3S. The molecule has 0 fully saturated rings. The second kappa shape index (κ2) is 7.31. The molecule has 1 amide bonds. The van der Waals surface area contributed by atoms with Gasteiger partial charge < -0.3 is 10.3 Å². The van der Waals surface area contributed by atoms with E-state index in [2.05, 4.69) is 15.0 Å². The summed E-state index contributed by atoms with van der Waals surface area (Å²) in [5.74, 6) is -0.201. The van der Waals surface area contributed by atoms with Gasteiger partial charge in [0.15, 0.2) is 0 Å². The molecule has 0 saturated heterocycles. The molecule has 6 nitrogen and oxygen atoms in total. The topological polar surface area (TPSA) is 91.1 Å². The zero-order valence-corrected chi connectivity index (χ0v) is 15.5. The van der Waals surface area contributed by atoms with E-state index in [1.807, 2.05) is 31.2 Å². The molecule has 0 spiro atoms. The third-order valence-electron chi connectivity index (χ3n) is 4.18. The lowest BCUT2D eigenvalue weighted by atomic mass is 10.1. The van der Waals surface area contributed by atoms with Gasteiger partial charge in [0.1, 0.15) is 0 Å². The number of aromatic amines is 1. The molecule has 3 N–H and O–H groups in total. The van der Waals surface area contributed by atoms with Crippen LogP contribution in [0.25, 0.3) is 10.9 Å². The zero-order valence-electron chi connectivity index (χ0n) is 14.7. The van der Waals surface area contributed by atoms with E-state index < -0.39 is 10.0 Å². The summed E-state index contributed by atoms with van der Waals surface area (Å²) in [7, 11) is -3.60. The van der Waals surface area contributed by atoms with Gasteiger partial charge in [0.05, 0.1) is 4.90 Å². The van der Waals surface area contributed by atoms with Crippen LogP contribution in [0.15, 0.2) is 53.4 Å². The number of fused-ring (bicyclic) bond motifs is 1. The molecule has 0 aliphatic rings. The third-order valence-corrected chi connectivity index (χ3v) is 5.66. The van der Waals surface area contributed by atoms with Crippen LogP contribution in [0.2, 0.25) is 0 Å². The third kappa shape index (κ3) is 3.95. The van der Waals surface area contributed by atoms with E-state index in [-0.39, 0.29) is 10.8 Å². The van der Waals surface area contributed by atoms with Gasteiger partial charge >= 0.3 is 0 Å². The van der Waals surface area contributed by atoms with E-state index in [9.17, 15) is 13.2 Å². The minimum atomic E-state index is -3.60. The monoisotopic (exact) mass is 371 g/mol. The number of anilines is 1. The lowest BCUT2D eigenvalue weighted by Gasteiger charge is -2.08. The number of sulfonamides is 1. The van der Waals surface area contributed by atoms with Crippen LogP contribution >= 0.6 is 0 Å². The van der Waals surface area contributed by atoms with Crippen molar-refractivity contribution in [3.05, 3.63) is 59.8 Å². The highest BCUT2D eigenvalue weighted by atomic mass is 32.2.